The molecule has 1 aromatic heterocycles. The van der Waals surface area contributed by atoms with Crippen LogP contribution in [0.25, 0.3) is 11.4 Å². The van der Waals surface area contributed by atoms with E-state index in [1.165, 1.54) is 0 Å². The average Bonchev–Trinajstić information content (AvgIpc) is 3.34. The van der Waals surface area contributed by atoms with Crippen LogP contribution in [0.2, 0.25) is 0 Å². The highest BCUT2D eigenvalue weighted by Crippen LogP contribution is 2.38. The lowest BCUT2D eigenvalue weighted by Gasteiger charge is -2.42. The van der Waals surface area contributed by atoms with E-state index in [0.717, 1.165) is 56.3 Å². The van der Waals surface area contributed by atoms with Crippen molar-refractivity contribution in [2.75, 3.05) is 18.5 Å². The maximum atomic E-state index is 12.6. The van der Waals surface area contributed by atoms with Gasteiger partial charge in [0, 0.05) is 17.3 Å². The van der Waals surface area contributed by atoms with Gasteiger partial charge in [-0.3, -0.25) is 4.79 Å². The summed E-state index contributed by atoms with van der Waals surface area (Å²) in [5.41, 5.74) is 1.98. The Labute approximate surface area is 183 Å². The van der Waals surface area contributed by atoms with Crippen molar-refractivity contribution in [3.63, 3.8) is 0 Å². The quantitative estimate of drug-likeness (QED) is 0.556. The van der Waals surface area contributed by atoms with Crippen molar-refractivity contribution in [3.8, 4) is 11.4 Å². The first-order valence-electron chi connectivity index (χ1n) is 11.7. The summed E-state index contributed by atoms with van der Waals surface area (Å²) in [5, 5.41) is 21.6. The molecule has 2 fully saturated rings. The number of benzene rings is 1. The highest BCUT2D eigenvalue weighted by Gasteiger charge is 2.38. The lowest BCUT2D eigenvalue weighted by molar-refractivity contribution is -0.149. The Bertz CT molecular complexity index is 838. The number of fused-ring (bicyclic) bond motifs is 1. The first kappa shape index (κ1) is 21.7. The van der Waals surface area contributed by atoms with Gasteiger partial charge in [-0.15, -0.1) is 10.2 Å². The third kappa shape index (κ3) is 5.23. The van der Waals surface area contributed by atoms with Crippen molar-refractivity contribution in [2.45, 2.75) is 64.5 Å². The van der Waals surface area contributed by atoms with E-state index in [1.807, 2.05) is 18.2 Å². The molecular formula is C23H34N6O2. The summed E-state index contributed by atoms with van der Waals surface area (Å²) < 4.78 is 5.64. The number of hydrogen-bond acceptors (Lipinski definition) is 7. The second-order valence-corrected chi connectivity index (χ2v) is 8.96. The SMILES string of the molecule is CCC(CC)COC(=O)[C@@H]1CC2C[C@H](Nc3ccccc3-c3nn[nH]n3)CCC2CN1. The minimum atomic E-state index is -0.180. The molecule has 0 radical (unpaired) electrons. The van der Waals surface area contributed by atoms with Gasteiger partial charge in [-0.1, -0.05) is 38.8 Å². The van der Waals surface area contributed by atoms with Crippen LogP contribution in [0.3, 0.4) is 0 Å². The van der Waals surface area contributed by atoms with Crippen LogP contribution in [0.5, 0.6) is 0 Å². The Morgan fingerprint density at radius 2 is 2.03 bits per heavy atom. The molecule has 3 N–H and O–H groups in total. The first-order valence-corrected chi connectivity index (χ1v) is 11.7. The average molecular weight is 427 g/mol. The number of aromatic nitrogens is 4. The van der Waals surface area contributed by atoms with Crippen molar-refractivity contribution in [1.29, 1.82) is 0 Å². The molecule has 1 aliphatic carbocycles. The third-order valence-electron chi connectivity index (χ3n) is 7.08. The number of anilines is 1. The Balaban J connectivity index is 1.35. The number of piperidine rings is 1. The molecule has 2 unspecified atom stereocenters. The summed E-state index contributed by atoms with van der Waals surface area (Å²) in [6.45, 7) is 5.74. The minimum Gasteiger partial charge on any atom is -0.464 e. The Morgan fingerprint density at radius 3 is 2.81 bits per heavy atom. The number of aromatic amines is 1. The number of hydrogen-bond donors (Lipinski definition) is 3. The Kier molecular flexibility index (Phi) is 7.17. The van der Waals surface area contributed by atoms with Gasteiger partial charge in [0.2, 0.25) is 5.82 Å². The summed E-state index contributed by atoms with van der Waals surface area (Å²) in [6, 6.07) is 8.27. The second-order valence-electron chi connectivity index (χ2n) is 8.96. The molecule has 0 amide bonds. The number of para-hydroxylation sites is 1. The van der Waals surface area contributed by atoms with E-state index in [1.54, 1.807) is 0 Å². The number of nitrogens with zero attached hydrogens (tertiary/aromatic N) is 3. The van der Waals surface area contributed by atoms with Crippen LogP contribution >= 0.6 is 0 Å². The number of tetrazole rings is 1. The van der Waals surface area contributed by atoms with Crippen LogP contribution in [-0.4, -0.2) is 51.8 Å². The van der Waals surface area contributed by atoms with Crippen LogP contribution in [0.1, 0.15) is 52.4 Å². The molecule has 31 heavy (non-hydrogen) atoms. The molecule has 1 saturated heterocycles. The van der Waals surface area contributed by atoms with Gasteiger partial charge in [-0.05, 0) is 67.3 Å². The van der Waals surface area contributed by atoms with Gasteiger partial charge in [-0.25, -0.2) is 0 Å². The highest BCUT2D eigenvalue weighted by molar-refractivity contribution is 5.76. The summed E-state index contributed by atoms with van der Waals surface area (Å²) in [4.78, 5) is 12.6. The largest absolute Gasteiger partial charge is 0.464 e. The molecule has 0 spiro atoms. The molecule has 4 rings (SSSR count). The van der Waals surface area contributed by atoms with E-state index in [0.29, 0.717) is 36.2 Å². The van der Waals surface area contributed by atoms with Crippen LogP contribution in [-0.2, 0) is 9.53 Å². The fourth-order valence-electron chi connectivity index (χ4n) is 5.00. The van der Waals surface area contributed by atoms with Gasteiger partial charge < -0.3 is 15.4 Å². The molecule has 168 valence electrons. The van der Waals surface area contributed by atoms with Crippen molar-refractivity contribution in [1.82, 2.24) is 25.9 Å². The van der Waals surface area contributed by atoms with Crippen LogP contribution in [0.4, 0.5) is 5.69 Å². The smallest absolute Gasteiger partial charge is 0.323 e. The van der Waals surface area contributed by atoms with Gasteiger partial charge in [0.25, 0.3) is 0 Å². The van der Waals surface area contributed by atoms with E-state index in [2.05, 4.69) is 51.2 Å². The number of nitrogens with one attached hydrogen (secondary N) is 3. The molecular weight excluding hydrogens is 392 g/mol. The monoisotopic (exact) mass is 426 g/mol. The molecule has 8 heteroatoms. The summed E-state index contributed by atoms with van der Waals surface area (Å²) in [6.07, 6.45) is 6.29. The summed E-state index contributed by atoms with van der Waals surface area (Å²) >= 11 is 0. The van der Waals surface area contributed by atoms with E-state index in [4.69, 9.17) is 4.74 Å². The molecule has 2 aromatic rings. The predicted molar refractivity (Wildman–Crippen MR) is 119 cm³/mol. The number of ether oxygens (including phenoxy) is 1. The number of carbonyl (C=O) groups is 1. The van der Waals surface area contributed by atoms with Gasteiger partial charge in [0.1, 0.15) is 6.04 Å². The van der Waals surface area contributed by atoms with E-state index >= 15 is 0 Å². The molecule has 4 atom stereocenters. The zero-order valence-corrected chi connectivity index (χ0v) is 18.5. The first-order chi connectivity index (χ1) is 15.2. The summed E-state index contributed by atoms with van der Waals surface area (Å²) in [7, 11) is 0. The molecule has 2 aliphatic rings. The Hall–Kier alpha value is -2.48. The Morgan fingerprint density at radius 1 is 1.19 bits per heavy atom. The third-order valence-corrected chi connectivity index (χ3v) is 7.08. The van der Waals surface area contributed by atoms with E-state index in [-0.39, 0.29) is 12.0 Å². The fourth-order valence-corrected chi connectivity index (χ4v) is 5.00. The van der Waals surface area contributed by atoms with Crippen LogP contribution < -0.4 is 10.6 Å². The molecule has 2 heterocycles. The molecule has 8 nitrogen and oxygen atoms in total. The van der Waals surface area contributed by atoms with Crippen molar-refractivity contribution < 1.29 is 9.53 Å². The topological polar surface area (TPSA) is 105 Å². The second kappa shape index (κ2) is 10.2. The lowest BCUT2D eigenvalue weighted by Crippen LogP contribution is -2.51. The van der Waals surface area contributed by atoms with E-state index < -0.39 is 0 Å². The van der Waals surface area contributed by atoms with Crippen molar-refractivity contribution in [3.05, 3.63) is 24.3 Å². The van der Waals surface area contributed by atoms with Gasteiger partial charge in [-0.2, -0.15) is 5.21 Å². The van der Waals surface area contributed by atoms with Crippen molar-refractivity contribution in [2.24, 2.45) is 17.8 Å². The van der Waals surface area contributed by atoms with Gasteiger partial charge in [0.15, 0.2) is 0 Å². The highest BCUT2D eigenvalue weighted by atomic mass is 16.5. The number of H-pyrrole nitrogens is 1. The molecule has 1 aromatic carbocycles. The van der Waals surface area contributed by atoms with Crippen LogP contribution in [0, 0.1) is 17.8 Å². The fraction of sp³-hybridized carbons (Fsp3) is 0.652. The molecule has 1 saturated carbocycles. The summed E-state index contributed by atoms with van der Waals surface area (Å²) in [5.74, 6) is 2.13. The van der Waals surface area contributed by atoms with Gasteiger partial charge >= 0.3 is 5.97 Å². The minimum absolute atomic E-state index is 0.0807. The number of rotatable bonds is 8. The maximum absolute atomic E-state index is 12.6. The molecule has 0 bridgehead atoms. The normalized spacial score (nSPS) is 25.8. The predicted octanol–water partition coefficient (Wildman–Crippen LogP) is 3.40. The zero-order chi connectivity index (χ0) is 21.6. The van der Waals surface area contributed by atoms with E-state index in [9.17, 15) is 4.79 Å². The number of carbonyl (C=O) groups excluding carboxylic acids is 1. The maximum Gasteiger partial charge on any atom is 0.323 e. The van der Waals surface area contributed by atoms with Crippen molar-refractivity contribution >= 4 is 11.7 Å². The van der Waals surface area contributed by atoms with Gasteiger partial charge in [0.05, 0.1) is 6.61 Å². The van der Waals surface area contributed by atoms with Crippen LogP contribution in [0.15, 0.2) is 24.3 Å². The lowest BCUT2D eigenvalue weighted by atomic mass is 9.72. The standard InChI is InChI=1S/C23H34N6O2/c1-3-15(4-2)14-31-23(30)21-12-17-11-18(10-9-16(17)13-24-21)25-20-8-6-5-7-19(20)22-26-28-29-27-22/h5-8,15-18,21,24-25H,3-4,9-14H2,1-2H3,(H,26,27,28,29)/t16?,17?,18-,21+/m1/s1. The molecule has 1 aliphatic heterocycles. The number of esters is 1. The zero-order valence-electron chi connectivity index (χ0n) is 18.5.